The number of rotatable bonds is 4. The lowest BCUT2D eigenvalue weighted by molar-refractivity contribution is -0.137. The second-order valence-electron chi connectivity index (χ2n) is 8.24. The zero-order valence-electron chi connectivity index (χ0n) is 17.9. The smallest absolute Gasteiger partial charge is 0.378 e. The van der Waals surface area contributed by atoms with Crippen molar-refractivity contribution in [3.63, 3.8) is 0 Å². The van der Waals surface area contributed by atoms with Crippen LogP contribution in [0.15, 0.2) is 36.8 Å². The number of aromatic nitrogens is 2. The normalized spacial score (nSPS) is 22.2. The van der Waals surface area contributed by atoms with E-state index < -0.39 is 11.7 Å². The van der Waals surface area contributed by atoms with Crippen molar-refractivity contribution in [2.45, 2.75) is 31.2 Å². The highest BCUT2D eigenvalue weighted by Gasteiger charge is 2.35. The number of hydrogen-bond donors (Lipinski definition) is 0. The van der Waals surface area contributed by atoms with Crippen LogP contribution < -0.4 is 0 Å². The Hall–Kier alpha value is -2.59. The Morgan fingerprint density at radius 2 is 1.88 bits per heavy atom. The minimum atomic E-state index is -4.37. The van der Waals surface area contributed by atoms with Gasteiger partial charge in [0.05, 0.1) is 43.4 Å². The highest BCUT2D eigenvalue weighted by Crippen LogP contribution is 2.36. The van der Waals surface area contributed by atoms with Crippen molar-refractivity contribution in [1.82, 2.24) is 19.4 Å². The van der Waals surface area contributed by atoms with E-state index in [1.807, 2.05) is 10.8 Å². The molecule has 174 valence electrons. The Morgan fingerprint density at radius 1 is 1.16 bits per heavy atom. The number of carbonyl (C=O) groups excluding carboxylic acids is 1. The Labute approximate surface area is 184 Å². The van der Waals surface area contributed by atoms with Crippen molar-refractivity contribution in [2.75, 3.05) is 46.5 Å². The third-order valence-electron chi connectivity index (χ3n) is 6.06. The lowest BCUT2D eigenvalue weighted by Crippen LogP contribution is -2.52. The lowest BCUT2D eigenvalue weighted by atomic mass is 9.87. The van der Waals surface area contributed by atoms with Crippen LogP contribution in [0.5, 0.6) is 0 Å². The molecule has 2 aliphatic rings. The van der Waals surface area contributed by atoms with Crippen LogP contribution in [-0.4, -0.2) is 71.9 Å². The summed E-state index contributed by atoms with van der Waals surface area (Å²) >= 11 is 0. The van der Waals surface area contributed by atoms with E-state index in [2.05, 4.69) is 4.98 Å². The Morgan fingerprint density at radius 3 is 2.53 bits per heavy atom. The molecule has 1 aromatic heterocycles. The van der Waals surface area contributed by atoms with E-state index >= 15 is 0 Å². The first kappa shape index (κ1) is 22.6. The molecule has 0 bridgehead atoms. The Bertz CT molecular complexity index is 910. The Balaban J connectivity index is 1.57. The van der Waals surface area contributed by atoms with Gasteiger partial charge in [-0.1, -0.05) is 12.1 Å². The maximum atomic E-state index is 13.2. The third kappa shape index (κ3) is 5.07. The average molecular weight is 452 g/mol. The molecular formula is C22H27F3N4O3. The van der Waals surface area contributed by atoms with E-state index in [0.29, 0.717) is 52.4 Å². The first-order chi connectivity index (χ1) is 15.3. The van der Waals surface area contributed by atoms with Crippen molar-refractivity contribution >= 4 is 6.03 Å². The molecule has 10 heteroatoms. The molecular weight excluding hydrogens is 425 g/mol. The molecule has 2 unspecified atom stereocenters. The summed E-state index contributed by atoms with van der Waals surface area (Å²) in [5.41, 5.74) is 0.906. The highest BCUT2D eigenvalue weighted by molar-refractivity contribution is 5.75. The van der Waals surface area contributed by atoms with Crippen LogP contribution in [0.3, 0.4) is 0 Å². The Kier molecular flexibility index (Phi) is 6.71. The van der Waals surface area contributed by atoms with Crippen molar-refractivity contribution in [3.8, 4) is 0 Å². The summed E-state index contributed by atoms with van der Waals surface area (Å²) in [6, 6.07) is 5.17. The fraction of sp³-hybridized carbons (Fsp3) is 0.545. The van der Waals surface area contributed by atoms with Gasteiger partial charge in [-0.2, -0.15) is 13.2 Å². The number of piperidine rings is 1. The van der Waals surface area contributed by atoms with E-state index in [1.54, 1.807) is 23.2 Å². The number of urea groups is 1. The van der Waals surface area contributed by atoms with Crippen LogP contribution in [0.1, 0.15) is 35.2 Å². The number of benzene rings is 1. The number of hydrogen-bond acceptors (Lipinski definition) is 4. The molecule has 1 aromatic carbocycles. The number of likely N-dealkylation sites (tertiary alicyclic amines) is 1. The van der Waals surface area contributed by atoms with E-state index in [0.717, 1.165) is 23.4 Å². The lowest BCUT2D eigenvalue weighted by Gasteiger charge is -2.41. The first-order valence-electron chi connectivity index (χ1n) is 10.6. The first-order valence-corrected chi connectivity index (χ1v) is 10.6. The van der Waals surface area contributed by atoms with Crippen molar-refractivity contribution < 1.29 is 27.4 Å². The minimum absolute atomic E-state index is 0.0425. The molecule has 2 saturated heterocycles. The zero-order valence-corrected chi connectivity index (χ0v) is 17.9. The van der Waals surface area contributed by atoms with E-state index in [4.69, 9.17) is 9.47 Å². The maximum Gasteiger partial charge on any atom is 0.416 e. The van der Waals surface area contributed by atoms with Crippen molar-refractivity contribution in [2.24, 2.45) is 0 Å². The monoisotopic (exact) mass is 452 g/mol. The summed E-state index contributed by atoms with van der Waals surface area (Å²) in [5.74, 6) is -0.0886. The summed E-state index contributed by atoms with van der Waals surface area (Å²) in [6.45, 7) is 3.44. The third-order valence-corrected chi connectivity index (χ3v) is 6.06. The average Bonchev–Trinajstić information content (AvgIpc) is 3.27. The fourth-order valence-corrected chi connectivity index (χ4v) is 4.39. The fourth-order valence-electron chi connectivity index (χ4n) is 4.39. The molecule has 0 N–H and O–H groups in total. The molecule has 3 heterocycles. The molecule has 0 spiro atoms. The van der Waals surface area contributed by atoms with Gasteiger partial charge in [-0.3, -0.25) is 0 Å². The topological polar surface area (TPSA) is 59.8 Å². The van der Waals surface area contributed by atoms with Gasteiger partial charge < -0.3 is 23.8 Å². The highest BCUT2D eigenvalue weighted by atomic mass is 19.4. The molecule has 0 radical (unpaired) electrons. The van der Waals surface area contributed by atoms with Crippen LogP contribution in [0, 0.1) is 0 Å². The predicted molar refractivity (Wildman–Crippen MR) is 110 cm³/mol. The zero-order chi connectivity index (χ0) is 22.7. The molecule has 0 aliphatic carbocycles. The SMILES string of the molecule is COCc1cn(C2CC(c3ccc(C(F)(F)F)cc3)CN(C(=O)N3CCOCC3)C2)cn1. The molecule has 0 saturated carbocycles. The number of halogens is 3. The van der Waals surface area contributed by atoms with Gasteiger partial charge in [0.25, 0.3) is 0 Å². The summed E-state index contributed by atoms with van der Waals surface area (Å²) < 4.78 is 51.5. The van der Waals surface area contributed by atoms with Crippen LogP contribution in [0.25, 0.3) is 0 Å². The molecule has 2 atom stereocenters. The number of nitrogens with zero attached hydrogens (tertiary/aromatic N) is 4. The standard InChI is InChI=1S/C22H27F3N4O3/c1-31-14-19-12-29(15-26-19)20-10-17(16-2-4-18(5-3-16)22(23,24)25)11-28(13-20)21(30)27-6-8-32-9-7-27/h2-5,12,15,17,20H,6-11,13-14H2,1H3. The largest absolute Gasteiger partial charge is 0.416 e. The predicted octanol–water partition coefficient (Wildman–Crippen LogP) is 3.53. The van der Waals surface area contributed by atoms with Gasteiger partial charge in [-0.25, -0.2) is 9.78 Å². The molecule has 7 nitrogen and oxygen atoms in total. The molecule has 2 amide bonds. The minimum Gasteiger partial charge on any atom is -0.378 e. The van der Waals surface area contributed by atoms with Crippen LogP contribution in [0.4, 0.5) is 18.0 Å². The van der Waals surface area contributed by atoms with Gasteiger partial charge in [-0.05, 0) is 24.1 Å². The molecule has 2 aliphatic heterocycles. The summed E-state index contributed by atoms with van der Waals surface area (Å²) in [4.78, 5) is 21.1. The van der Waals surface area contributed by atoms with Gasteiger partial charge in [0.1, 0.15) is 0 Å². The van der Waals surface area contributed by atoms with Crippen molar-refractivity contribution in [3.05, 3.63) is 53.6 Å². The van der Waals surface area contributed by atoms with Crippen LogP contribution in [0.2, 0.25) is 0 Å². The van der Waals surface area contributed by atoms with Crippen molar-refractivity contribution in [1.29, 1.82) is 0 Å². The summed E-state index contributed by atoms with van der Waals surface area (Å²) in [5, 5.41) is 0. The van der Waals surface area contributed by atoms with Gasteiger partial charge in [0, 0.05) is 45.4 Å². The van der Waals surface area contributed by atoms with Crippen LogP contribution >= 0.6 is 0 Å². The number of amides is 2. The number of morpholine rings is 1. The molecule has 32 heavy (non-hydrogen) atoms. The van der Waals surface area contributed by atoms with Gasteiger partial charge in [-0.15, -0.1) is 0 Å². The number of alkyl halides is 3. The second kappa shape index (κ2) is 9.50. The number of methoxy groups -OCH3 is 1. The van der Waals surface area contributed by atoms with E-state index in [-0.39, 0.29) is 18.0 Å². The van der Waals surface area contributed by atoms with Gasteiger partial charge in [0.15, 0.2) is 0 Å². The summed E-state index contributed by atoms with van der Waals surface area (Å²) in [7, 11) is 1.60. The van der Waals surface area contributed by atoms with Crippen LogP contribution in [-0.2, 0) is 22.3 Å². The summed E-state index contributed by atoms with van der Waals surface area (Å²) in [6.07, 6.45) is -0.0478. The maximum absolute atomic E-state index is 13.2. The quantitative estimate of drug-likeness (QED) is 0.712. The molecule has 2 fully saturated rings. The van der Waals surface area contributed by atoms with Gasteiger partial charge in [0.2, 0.25) is 0 Å². The number of carbonyl (C=O) groups is 1. The molecule has 2 aromatic rings. The number of imidazole rings is 1. The van der Waals surface area contributed by atoms with E-state index in [9.17, 15) is 18.0 Å². The van der Waals surface area contributed by atoms with Gasteiger partial charge >= 0.3 is 12.2 Å². The van der Waals surface area contributed by atoms with E-state index in [1.165, 1.54) is 12.1 Å². The second-order valence-corrected chi connectivity index (χ2v) is 8.24. The number of ether oxygens (including phenoxy) is 2. The molecule has 4 rings (SSSR count).